The summed E-state index contributed by atoms with van der Waals surface area (Å²) in [6, 6.07) is 22.8. The lowest BCUT2D eigenvalue weighted by molar-refractivity contribution is -0.137. The fourth-order valence-electron chi connectivity index (χ4n) is 3.72. The number of halogens is 1. The van der Waals surface area contributed by atoms with E-state index in [0.717, 1.165) is 28.0 Å². The van der Waals surface area contributed by atoms with Crippen LogP contribution in [-0.2, 0) is 11.4 Å². The third-order valence-corrected chi connectivity index (χ3v) is 5.63. The molecule has 0 aliphatic carbocycles. The Hall–Kier alpha value is -3.77. The van der Waals surface area contributed by atoms with Gasteiger partial charge in [0, 0.05) is 22.6 Å². The molecular formula is C27H24ClNO5. The molecule has 0 saturated heterocycles. The van der Waals surface area contributed by atoms with Crippen molar-refractivity contribution in [3.63, 3.8) is 0 Å². The Morgan fingerprint density at radius 2 is 1.79 bits per heavy atom. The number of rotatable bonds is 10. The van der Waals surface area contributed by atoms with Gasteiger partial charge in [-0.2, -0.15) is 0 Å². The molecule has 1 heterocycles. The molecule has 4 aromatic rings. The van der Waals surface area contributed by atoms with Crippen molar-refractivity contribution in [2.45, 2.75) is 25.9 Å². The standard InChI is InChI=1S/C27H24ClNO5/c1-2-32-26-15-21(28)9-12-23(26)19-5-3-18(4-6-19)17-33-22-10-7-20(8-11-22)24(16-27(30)31)25-13-14-34-29-25/h3-15,24H,2,16-17H2,1H3,(H,30,31)/t24-/m1/s1. The van der Waals surface area contributed by atoms with Crippen LogP contribution in [0.25, 0.3) is 11.1 Å². The highest BCUT2D eigenvalue weighted by Crippen LogP contribution is 2.33. The molecule has 4 rings (SSSR count). The van der Waals surface area contributed by atoms with Gasteiger partial charge in [-0.3, -0.25) is 4.79 Å². The van der Waals surface area contributed by atoms with Gasteiger partial charge in [0.15, 0.2) is 0 Å². The number of carbonyl (C=O) groups is 1. The number of aliphatic carboxylic acids is 1. The predicted molar refractivity (Wildman–Crippen MR) is 129 cm³/mol. The van der Waals surface area contributed by atoms with Crippen molar-refractivity contribution < 1.29 is 23.9 Å². The van der Waals surface area contributed by atoms with Crippen LogP contribution in [-0.4, -0.2) is 22.8 Å². The molecule has 0 spiro atoms. The zero-order valence-corrected chi connectivity index (χ0v) is 19.4. The molecule has 3 aromatic carbocycles. The smallest absolute Gasteiger partial charge is 0.304 e. The Balaban J connectivity index is 1.42. The van der Waals surface area contributed by atoms with Gasteiger partial charge in [0.1, 0.15) is 24.4 Å². The van der Waals surface area contributed by atoms with Crippen molar-refractivity contribution in [2.75, 3.05) is 6.61 Å². The van der Waals surface area contributed by atoms with Crippen LogP contribution in [0.5, 0.6) is 11.5 Å². The summed E-state index contributed by atoms with van der Waals surface area (Å²) in [7, 11) is 0. The third kappa shape index (κ3) is 5.77. The monoisotopic (exact) mass is 477 g/mol. The largest absolute Gasteiger partial charge is 0.493 e. The van der Waals surface area contributed by atoms with E-state index in [2.05, 4.69) is 5.16 Å². The maximum absolute atomic E-state index is 11.3. The van der Waals surface area contributed by atoms with Gasteiger partial charge < -0.3 is 19.1 Å². The Morgan fingerprint density at radius 3 is 2.44 bits per heavy atom. The number of carboxylic acid groups (broad SMARTS) is 1. The summed E-state index contributed by atoms with van der Waals surface area (Å²) in [5.41, 5.74) is 4.46. The van der Waals surface area contributed by atoms with E-state index in [9.17, 15) is 9.90 Å². The molecular weight excluding hydrogens is 454 g/mol. The first-order valence-electron chi connectivity index (χ1n) is 10.9. The second-order valence-corrected chi connectivity index (χ2v) is 8.14. The Labute approximate surface area is 202 Å². The highest BCUT2D eigenvalue weighted by Gasteiger charge is 2.20. The van der Waals surface area contributed by atoms with Crippen LogP contribution in [0.4, 0.5) is 0 Å². The molecule has 1 atom stereocenters. The van der Waals surface area contributed by atoms with Gasteiger partial charge in [0.2, 0.25) is 0 Å². The Kier molecular flexibility index (Phi) is 7.50. The lowest BCUT2D eigenvalue weighted by atomic mass is 9.92. The number of benzene rings is 3. The summed E-state index contributed by atoms with van der Waals surface area (Å²) in [5.74, 6) is 0.167. The summed E-state index contributed by atoms with van der Waals surface area (Å²) in [6.07, 6.45) is 1.37. The number of ether oxygens (including phenoxy) is 2. The van der Waals surface area contributed by atoms with E-state index < -0.39 is 5.97 Å². The summed E-state index contributed by atoms with van der Waals surface area (Å²) >= 11 is 6.11. The fraction of sp³-hybridized carbons (Fsp3) is 0.185. The van der Waals surface area contributed by atoms with Crippen molar-refractivity contribution >= 4 is 17.6 Å². The topological polar surface area (TPSA) is 81.8 Å². The minimum atomic E-state index is -0.899. The SMILES string of the molecule is CCOc1cc(Cl)ccc1-c1ccc(COc2ccc([C@@H](CC(=O)O)c3ccon3)cc2)cc1. The van der Waals surface area contributed by atoms with E-state index in [0.29, 0.717) is 29.7 Å². The Bertz CT molecular complexity index is 1220. The average molecular weight is 478 g/mol. The van der Waals surface area contributed by atoms with Gasteiger partial charge in [-0.05, 0) is 53.9 Å². The minimum Gasteiger partial charge on any atom is -0.493 e. The summed E-state index contributed by atoms with van der Waals surface area (Å²) in [5, 5.41) is 13.8. The van der Waals surface area contributed by atoms with Crippen molar-refractivity contribution in [1.82, 2.24) is 5.16 Å². The van der Waals surface area contributed by atoms with Crippen LogP contribution in [0.15, 0.2) is 83.6 Å². The van der Waals surface area contributed by atoms with Crippen molar-refractivity contribution in [3.8, 4) is 22.6 Å². The summed E-state index contributed by atoms with van der Waals surface area (Å²) in [6.45, 7) is 2.91. The molecule has 0 aliphatic heterocycles. The number of hydrogen-bond donors (Lipinski definition) is 1. The molecule has 0 unspecified atom stereocenters. The number of hydrogen-bond acceptors (Lipinski definition) is 5. The second kappa shape index (κ2) is 10.9. The molecule has 0 radical (unpaired) electrons. The maximum Gasteiger partial charge on any atom is 0.304 e. The second-order valence-electron chi connectivity index (χ2n) is 7.70. The zero-order chi connectivity index (χ0) is 23.9. The minimum absolute atomic E-state index is 0.0717. The van der Waals surface area contributed by atoms with Crippen LogP contribution in [0.1, 0.15) is 36.1 Å². The lowest BCUT2D eigenvalue weighted by Crippen LogP contribution is -2.08. The number of nitrogens with zero attached hydrogens (tertiary/aromatic N) is 1. The fourth-order valence-corrected chi connectivity index (χ4v) is 3.88. The number of aromatic nitrogens is 1. The highest BCUT2D eigenvalue weighted by molar-refractivity contribution is 6.30. The van der Waals surface area contributed by atoms with Gasteiger partial charge in [-0.1, -0.05) is 53.2 Å². The summed E-state index contributed by atoms with van der Waals surface area (Å²) < 4.78 is 16.5. The number of carboxylic acids is 1. The lowest BCUT2D eigenvalue weighted by Gasteiger charge is -2.14. The van der Waals surface area contributed by atoms with E-state index in [1.165, 1.54) is 6.26 Å². The molecule has 0 aliphatic rings. The van der Waals surface area contributed by atoms with Crippen molar-refractivity contribution in [2.24, 2.45) is 0 Å². The van der Waals surface area contributed by atoms with Crippen LogP contribution >= 0.6 is 11.6 Å². The molecule has 1 N–H and O–H groups in total. The first-order chi connectivity index (χ1) is 16.5. The van der Waals surface area contributed by atoms with Crippen LogP contribution in [0.2, 0.25) is 5.02 Å². The Morgan fingerprint density at radius 1 is 1.03 bits per heavy atom. The van der Waals surface area contributed by atoms with Crippen molar-refractivity contribution in [1.29, 1.82) is 0 Å². The van der Waals surface area contributed by atoms with Crippen LogP contribution < -0.4 is 9.47 Å². The van der Waals surface area contributed by atoms with Crippen LogP contribution in [0.3, 0.4) is 0 Å². The molecule has 7 heteroatoms. The zero-order valence-electron chi connectivity index (χ0n) is 18.6. The normalized spacial score (nSPS) is 11.7. The van der Waals surface area contributed by atoms with E-state index in [1.54, 1.807) is 6.07 Å². The van der Waals surface area contributed by atoms with E-state index in [-0.39, 0.29) is 12.3 Å². The molecule has 0 bridgehead atoms. The first-order valence-corrected chi connectivity index (χ1v) is 11.3. The molecule has 0 amide bonds. The van der Waals surface area contributed by atoms with Gasteiger partial charge >= 0.3 is 5.97 Å². The molecule has 174 valence electrons. The van der Waals surface area contributed by atoms with Gasteiger partial charge in [0.25, 0.3) is 0 Å². The average Bonchev–Trinajstić information content (AvgIpc) is 3.37. The third-order valence-electron chi connectivity index (χ3n) is 5.39. The van der Waals surface area contributed by atoms with Gasteiger partial charge in [0.05, 0.1) is 18.7 Å². The van der Waals surface area contributed by atoms with E-state index >= 15 is 0 Å². The van der Waals surface area contributed by atoms with Gasteiger partial charge in [-0.15, -0.1) is 0 Å². The molecule has 6 nitrogen and oxygen atoms in total. The van der Waals surface area contributed by atoms with E-state index in [4.69, 9.17) is 25.6 Å². The maximum atomic E-state index is 11.3. The first kappa shape index (κ1) is 23.4. The molecule has 1 aromatic heterocycles. The highest BCUT2D eigenvalue weighted by atomic mass is 35.5. The van der Waals surface area contributed by atoms with Crippen LogP contribution in [0, 0.1) is 0 Å². The molecule has 0 saturated carbocycles. The summed E-state index contributed by atoms with van der Waals surface area (Å²) in [4.78, 5) is 11.3. The molecule has 0 fully saturated rings. The van der Waals surface area contributed by atoms with Crippen molar-refractivity contribution in [3.05, 3.63) is 101 Å². The molecule has 34 heavy (non-hydrogen) atoms. The van der Waals surface area contributed by atoms with Gasteiger partial charge in [-0.25, -0.2) is 0 Å². The quantitative estimate of drug-likeness (QED) is 0.278. The predicted octanol–water partition coefficient (Wildman–Crippen LogP) is 6.58. The van der Waals surface area contributed by atoms with E-state index in [1.807, 2.05) is 73.7 Å².